The van der Waals surface area contributed by atoms with E-state index in [0.717, 1.165) is 5.56 Å². The van der Waals surface area contributed by atoms with Crippen LogP contribution in [0.2, 0.25) is 0 Å². The van der Waals surface area contributed by atoms with Crippen LogP contribution >= 0.6 is 0 Å². The highest BCUT2D eigenvalue weighted by molar-refractivity contribution is 5.97. The molecule has 4 nitrogen and oxygen atoms in total. The number of carbonyl (C=O) groups is 2. The molecule has 0 aromatic heterocycles. The van der Waals surface area contributed by atoms with E-state index in [1.807, 2.05) is 6.92 Å². The SMILES string of the molecule is COc1cc(C)cc(C=O)c1NC(C)=O. The summed E-state index contributed by atoms with van der Waals surface area (Å²) < 4.78 is 5.10. The minimum Gasteiger partial charge on any atom is -0.495 e. The highest BCUT2D eigenvalue weighted by Crippen LogP contribution is 2.29. The fourth-order valence-electron chi connectivity index (χ4n) is 1.34. The summed E-state index contributed by atoms with van der Waals surface area (Å²) in [6, 6.07) is 3.46. The van der Waals surface area contributed by atoms with Crippen molar-refractivity contribution in [2.24, 2.45) is 0 Å². The first kappa shape index (κ1) is 11.2. The van der Waals surface area contributed by atoms with Gasteiger partial charge in [-0.3, -0.25) is 9.59 Å². The molecular formula is C11H13NO3. The van der Waals surface area contributed by atoms with E-state index in [9.17, 15) is 9.59 Å². The van der Waals surface area contributed by atoms with Crippen molar-refractivity contribution in [2.75, 3.05) is 12.4 Å². The number of hydrogen-bond donors (Lipinski definition) is 1. The third kappa shape index (κ3) is 2.56. The first-order valence-corrected chi connectivity index (χ1v) is 4.50. The molecule has 80 valence electrons. The molecule has 0 spiro atoms. The zero-order chi connectivity index (χ0) is 11.4. The Morgan fingerprint density at radius 1 is 1.47 bits per heavy atom. The zero-order valence-electron chi connectivity index (χ0n) is 8.96. The van der Waals surface area contributed by atoms with Crippen LogP contribution in [0.3, 0.4) is 0 Å². The number of benzene rings is 1. The predicted octanol–water partition coefficient (Wildman–Crippen LogP) is 1.77. The summed E-state index contributed by atoms with van der Waals surface area (Å²) in [5, 5.41) is 2.58. The van der Waals surface area contributed by atoms with Crippen molar-refractivity contribution in [3.63, 3.8) is 0 Å². The first-order chi connectivity index (χ1) is 7.08. The van der Waals surface area contributed by atoms with E-state index in [0.29, 0.717) is 23.3 Å². The second kappa shape index (κ2) is 4.59. The molecule has 1 N–H and O–H groups in total. The minimum absolute atomic E-state index is 0.236. The topological polar surface area (TPSA) is 55.4 Å². The molecule has 1 aromatic rings. The quantitative estimate of drug-likeness (QED) is 0.768. The van der Waals surface area contributed by atoms with Gasteiger partial charge in [-0.2, -0.15) is 0 Å². The highest BCUT2D eigenvalue weighted by atomic mass is 16.5. The lowest BCUT2D eigenvalue weighted by atomic mass is 10.1. The lowest BCUT2D eigenvalue weighted by Gasteiger charge is -2.12. The summed E-state index contributed by atoms with van der Waals surface area (Å²) in [6.45, 7) is 3.24. The summed E-state index contributed by atoms with van der Waals surface area (Å²) in [6.07, 6.45) is 0.695. The molecule has 0 aliphatic rings. The molecular weight excluding hydrogens is 194 g/mol. The van der Waals surface area contributed by atoms with Crippen LogP contribution in [0.5, 0.6) is 5.75 Å². The number of carbonyl (C=O) groups excluding carboxylic acids is 2. The Balaban J connectivity index is 3.29. The molecule has 0 saturated heterocycles. The Kier molecular flexibility index (Phi) is 3.44. The van der Waals surface area contributed by atoms with Gasteiger partial charge in [-0.25, -0.2) is 0 Å². The van der Waals surface area contributed by atoms with Gasteiger partial charge in [0.2, 0.25) is 5.91 Å². The summed E-state index contributed by atoms with van der Waals surface area (Å²) in [5.41, 5.74) is 1.75. The molecule has 15 heavy (non-hydrogen) atoms. The van der Waals surface area contributed by atoms with Crippen molar-refractivity contribution < 1.29 is 14.3 Å². The van der Waals surface area contributed by atoms with Crippen LogP contribution in [0.4, 0.5) is 5.69 Å². The molecule has 1 aromatic carbocycles. The van der Waals surface area contributed by atoms with Crippen LogP contribution in [-0.4, -0.2) is 19.3 Å². The van der Waals surface area contributed by atoms with Gasteiger partial charge >= 0.3 is 0 Å². The van der Waals surface area contributed by atoms with Gasteiger partial charge in [-0.15, -0.1) is 0 Å². The largest absolute Gasteiger partial charge is 0.495 e. The zero-order valence-corrected chi connectivity index (χ0v) is 8.96. The summed E-state index contributed by atoms with van der Waals surface area (Å²) in [5.74, 6) is 0.257. The fourth-order valence-corrected chi connectivity index (χ4v) is 1.34. The van der Waals surface area contributed by atoms with E-state index < -0.39 is 0 Å². The fraction of sp³-hybridized carbons (Fsp3) is 0.273. The van der Waals surface area contributed by atoms with Gasteiger partial charge in [-0.05, 0) is 24.6 Å². The number of methoxy groups -OCH3 is 1. The van der Waals surface area contributed by atoms with Gasteiger partial charge in [0, 0.05) is 12.5 Å². The smallest absolute Gasteiger partial charge is 0.221 e. The lowest BCUT2D eigenvalue weighted by Crippen LogP contribution is -2.09. The van der Waals surface area contributed by atoms with E-state index in [2.05, 4.69) is 5.32 Å². The number of ether oxygens (including phenoxy) is 1. The number of amides is 1. The van der Waals surface area contributed by atoms with Gasteiger partial charge in [0.25, 0.3) is 0 Å². The maximum Gasteiger partial charge on any atom is 0.221 e. The number of rotatable bonds is 3. The second-order valence-corrected chi connectivity index (χ2v) is 3.23. The molecule has 0 aliphatic carbocycles. The van der Waals surface area contributed by atoms with Crippen LogP contribution in [0.25, 0.3) is 0 Å². The average molecular weight is 207 g/mol. The van der Waals surface area contributed by atoms with Gasteiger partial charge in [-0.1, -0.05) is 0 Å². The average Bonchev–Trinajstić information content (AvgIpc) is 2.19. The molecule has 0 heterocycles. The molecule has 0 saturated carbocycles. The minimum atomic E-state index is -0.236. The van der Waals surface area contributed by atoms with Gasteiger partial charge in [0.05, 0.1) is 12.8 Å². The molecule has 0 bridgehead atoms. The Hall–Kier alpha value is -1.84. The van der Waals surface area contributed by atoms with E-state index >= 15 is 0 Å². The molecule has 0 unspecified atom stereocenters. The Bertz CT molecular complexity index is 399. The highest BCUT2D eigenvalue weighted by Gasteiger charge is 2.10. The number of nitrogens with one attached hydrogen (secondary N) is 1. The van der Waals surface area contributed by atoms with Gasteiger partial charge < -0.3 is 10.1 Å². The molecule has 0 fully saturated rings. The van der Waals surface area contributed by atoms with E-state index in [1.54, 1.807) is 12.1 Å². The number of aryl methyl sites for hydroxylation is 1. The van der Waals surface area contributed by atoms with Crippen LogP contribution in [-0.2, 0) is 4.79 Å². The Morgan fingerprint density at radius 2 is 2.13 bits per heavy atom. The molecule has 1 amide bonds. The third-order valence-electron chi connectivity index (χ3n) is 1.92. The van der Waals surface area contributed by atoms with E-state index in [-0.39, 0.29) is 5.91 Å². The van der Waals surface area contributed by atoms with Crippen molar-refractivity contribution in [3.05, 3.63) is 23.3 Å². The van der Waals surface area contributed by atoms with Crippen molar-refractivity contribution in [2.45, 2.75) is 13.8 Å². The van der Waals surface area contributed by atoms with Gasteiger partial charge in [0.1, 0.15) is 5.75 Å². The maximum atomic E-state index is 11.0. The van der Waals surface area contributed by atoms with Crippen molar-refractivity contribution in [1.29, 1.82) is 0 Å². The van der Waals surface area contributed by atoms with Crippen LogP contribution in [0, 0.1) is 6.92 Å². The third-order valence-corrected chi connectivity index (χ3v) is 1.92. The van der Waals surface area contributed by atoms with E-state index in [1.165, 1.54) is 14.0 Å². The summed E-state index contributed by atoms with van der Waals surface area (Å²) in [4.78, 5) is 21.8. The lowest BCUT2D eigenvalue weighted by molar-refractivity contribution is -0.114. The van der Waals surface area contributed by atoms with E-state index in [4.69, 9.17) is 4.74 Å². The first-order valence-electron chi connectivity index (χ1n) is 4.50. The van der Waals surface area contributed by atoms with Crippen molar-refractivity contribution in [3.8, 4) is 5.75 Å². The maximum absolute atomic E-state index is 11.0. The Labute approximate surface area is 88.2 Å². The van der Waals surface area contributed by atoms with Gasteiger partial charge in [0.15, 0.2) is 6.29 Å². The van der Waals surface area contributed by atoms with Crippen LogP contribution in [0.1, 0.15) is 22.8 Å². The van der Waals surface area contributed by atoms with Crippen molar-refractivity contribution >= 4 is 17.9 Å². The number of aldehydes is 1. The number of hydrogen-bond acceptors (Lipinski definition) is 3. The molecule has 0 radical (unpaired) electrons. The predicted molar refractivity (Wildman–Crippen MR) is 57.4 cm³/mol. The van der Waals surface area contributed by atoms with Crippen molar-refractivity contribution in [1.82, 2.24) is 0 Å². The molecule has 4 heteroatoms. The summed E-state index contributed by atoms with van der Waals surface area (Å²) in [7, 11) is 1.49. The summed E-state index contributed by atoms with van der Waals surface area (Å²) >= 11 is 0. The monoisotopic (exact) mass is 207 g/mol. The standard InChI is InChI=1S/C11H13NO3/c1-7-4-9(6-13)11(12-8(2)14)10(5-7)15-3/h4-6H,1-3H3,(H,12,14). The second-order valence-electron chi connectivity index (χ2n) is 3.23. The van der Waals surface area contributed by atoms with Crippen LogP contribution in [0.15, 0.2) is 12.1 Å². The van der Waals surface area contributed by atoms with Crippen LogP contribution < -0.4 is 10.1 Å². The molecule has 1 rings (SSSR count). The normalized spacial score (nSPS) is 9.53. The number of anilines is 1. The Morgan fingerprint density at radius 3 is 2.60 bits per heavy atom. The molecule has 0 atom stereocenters. The molecule has 0 aliphatic heterocycles.